The molecule has 7 nitrogen and oxygen atoms in total. The summed E-state index contributed by atoms with van der Waals surface area (Å²) in [6, 6.07) is 6.17. The van der Waals surface area contributed by atoms with Crippen molar-refractivity contribution in [2.24, 2.45) is 0 Å². The number of sulfonamides is 1. The second-order valence-corrected chi connectivity index (χ2v) is 7.05. The van der Waals surface area contributed by atoms with Crippen molar-refractivity contribution in [1.82, 2.24) is 4.72 Å². The summed E-state index contributed by atoms with van der Waals surface area (Å²) in [5, 5.41) is 0. The van der Waals surface area contributed by atoms with Gasteiger partial charge in [-0.2, -0.15) is 4.72 Å². The molecule has 0 saturated carbocycles. The van der Waals surface area contributed by atoms with Gasteiger partial charge in [-0.15, -0.1) is 0 Å². The monoisotopic (exact) mass is 353 g/mol. The Balaban J connectivity index is 2.24. The second-order valence-electron chi connectivity index (χ2n) is 5.29. The van der Waals surface area contributed by atoms with Crippen molar-refractivity contribution < 1.29 is 27.5 Å². The van der Waals surface area contributed by atoms with Crippen molar-refractivity contribution in [2.75, 3.05) is 14.2 Å². The van der Waals surface area contributed by atoms with Gasteiger partial charge in [0.25, 0.3) is 0 Å². The minimum absolute atomic E-state index is 0.167. The molecule has 1 N–H and O–H groups in total. The predicted molar refractivity (Wildman–Crippen MR) is 87.2 cm³/mol. The molecule has 0 saturated heterocycles. The molecule has 0 aromatic heterocycles. The van der Waals surface area contributed by atoms with Gasteiger partial charge in [0.05, 0.1) is 25.5 Å². The molecule has 0 heterocycles. The quantitative estimate of drug-likeness (QED) is 0.766. The number of hydrogen-bond acceptors (Lipinski definition) is 6. The van der Waals surface area contributed by atoms with Crippen molar-refractivity contribution in [1.29, 1.82) is 0 Å². The SMILES string of the molecule is COC(=O)C[C@H](NS(=O)(=O)C1=Cc2ccccc2CC1)C(=O)OC. The number of aryl methyl sites for hydroxylation is 1. The van der Waals surface area contributed by atoms with Gasteiger partial charge in [-0.25, -0.2) is 8.42 Å². The Morgan fingerprint density at radius 3 is 2.54 bits per heavy atom. The summed E-state index contributed by atoms with van der Waals surface area (Å²) < 4.78 is 36.4. The summed E-state index contributed by atoms with van der Waals surface area (Å²) in [4.78, 5) is 23.3. The molecular weight excluding hydrogens is 334 g/mol. The van der Waals surface area contributed by atoms with Crippen LogP contribution in [0.4, 0.5) is 0 Å². The molecule has 0 fully saturated rings. The van der Waals surface area contributed by atoms with E-state index in [-0.39, 0.29) is 4.91 Å². The first-order chi connectivity index (χ1) is 11.4. The van der Waals surface area contributed by atoms with Crippen LogP contribution in [0, 0.1) is 0 Å². The van der Waals surface area contributed by atoms with E-state index in [0.717, 1.165) is 25.3 Å². The zero-order chi connectivity index (χ0) is 17.7. The lowest BCUT2D eigenvalue weighted by Gasteiger charge is -2.20. The van der Waals surface area contributed by atoms with Crippen LogP contribution in [0.25, 0.3) is 6.08 Å². The largest absolute Gasteiger partial charge is 0.469 e. The number of carbonyl (C=O) groups excluding carboxylic acids is 2. The van der Waals surface area contributed by atoms with Crippen molar-refractivity contribution >= 4 is 28.0 Å². The van der Waals surface area contributed by atoms with E-state index in [1.807, 2.05) is 24.3 Å². The Labute approximate surface area is 140 Å². The zero-order valence-electron chi connectivity index (χ0n) is 13.4. The van der Waals surface area contributed by atoms with Gasteiger partial charge in [-0.05, 0) is 30.0 Å². The van der Waals surface area contributed by atoms with E-state index in [9.17, 15) is 18.0 Å². The van der Waals surface area contributed by atoms with Gasteiger partial charge in [-0.3, -0.25) is 9.59 Å². The van der Waals surface area contributed by atoms with E-state index >= 15 is 0 Å². The highest BCUT2D eigenvalue weighted by molar-refractivity contribution is 7.93. The number of fused-ring (bicyclic) bond motifs is 1. The first kappa shape index (κ1) is 18.2. The van der Waals surface area contributed by atoms with Gasteiger partial charge in [0.1, 0.15) is 6.04 Å². The number of allylic oxidation sites excluding steroid dienone is 1. The first-order valence-corrected chi connectivity index (χ1v) is 8.81. The summed E-state index contributed by atoms with van der Waals surface area (Å²) >= 11 is 0. The highest BCUT2D eigenvalue weighted by Crippen LogP contribution is 2.26. The number of rotatable bonds is 6. The van der Waals surface area contributed by atoms with Crippen LogP contribution in [0.5, 0.6) is 0 Å². The van der Waals surface area contributed by atoms with Crippen LogP contribution in [0.1, 0.15) is 24.0 Å². The second kappa shape index (κ2) is 7.59. The van der Waals surface area contributed by atoms with Crippen molar-refractivity contribution in [3.05, 3.63) is 40.3 Å². The van der Waals surface area contributed by atoms with Crippen LogP contribution in [0.3, 0.4) is 0 Å². The molecule has 1 aromatic carbocycles. The molecule has 24 heavy (non-hydrogen) atoms. The molecule has 0 unspecified atom stereocenters. The fraction of sp³-hybridized carbons (Fsp3) is 0.375. The number of hydrogen-bond donors (Lipinski definition) is 1. The van der Waals surface area contributed by atoms with Crippen molar-refractivity contribution in [3.8, 4) is 0 Å². The highest BCUT2D eigenvalue weighted by Gasteiger charge is 2.31. The lowest BCUT2D eigenvalue weighted by atomic mass is 9.98. The average Bonchev–Trinajstić information content (AvgIpc) is 2.59. The summed E-state index contributed by atoms with van der Waals surface area (Å²) in [5.74, 6) is -1.56. The van der Waals surface area contributed by atoms with Gasteiger partial charge in [0.15, 0.2) is 0 Å². The van der Waals surface area contributed by atoms with Crippen LogP contribution in [0.2, 0.25) is 0 Å². The molecule has 130 valence electrons. The molecule has 2 rings (SSSR count). The Morgan fingerprint density at radius 1 is 1.17 bits per heavy atom. The third kappa shape index (κ3) is 4.21. The van der Waals surface area contributed by atoms with E-state index in [4.69, 9.17) is 0 Å². The smallest absolute Gasteiger partial charge is 0.324 e. The van der Waals surface area contributed by atoms with Crippen LogP contribution < -0.4 is 4.72 Å². The molecule has 1 aliphatic carbocycles. The molecule has 0 amide bonds. The minimum Gasteiger partial charge on any atom is -0.469 e. The average molecular weight is 353 g/mol. The fourth-order valence-corrected chi connectivity index (χ4v) is 3.80. The first-order valence-electron chi connectivity index (χ1n) is 7.33. The molecule has 1 atom stereocenters. The molecule has 0 spiro atoms. The highest BCUT2D eigenvalue weighted by atomic mass is 32.2. The summed E-state index contributed by atoms with van der Waals surface area (Å²) in [5.41, 5.74) is 1.89. The number of nitrogens with one attached hydrogen (secondary N) is 1. The molecule has 0 bridgehead atoms. The van der Waals surface area contributed by atoms with Gasteiger partial charge in [0, 0.05) is 0 Å². The van der Waals surface area contributed by atoms with Crippen LogP contribution in [0.15, 0.2) is 29.2 Å². The molecule has 8 heteroatoms. The maximum absolute atomic E-state index is 12.6. The Morgan fingerprint density at radius 2 is 1.88 bits per heavy atom. The fourth-order valence-electron chi connectivity index (χ4n) is 2.45. The summed E-state index contributed by atoms with van der Waals surface area (Å²) in [7, 11) is -1.65. The van der Waals surface area contributed by atoms with E-state index in [2.05, 4.69) is 14.2 Å². The number of carbonyl (C=O) groups is 2. The lowest BCUT2D eigenvalue weighted by molar-refractivity contribution is -0.149. The van der Waals surface area contributed by atoms with Crippen LogP contribution >= 0.6 is 0 Å². The van der Waals surface area contributed by atoms with Crippen molar-refractivity contribution in [3.63, 3.8) is 0 Å². The third-order valence-electron chi connectivity index (χ3n) is 3.74. The van der Waals surface area contributed by atoms with E-state index in [0.29, 0.717) is 12.8 Å². The van der Waals surface area contributed by atoms with Gasteiger partial charge in [0.2, 0.25) is 10.0 Å². The summed E-state index contributed by atoms with van der Waals surface area (Å²) in [6.45, 7) is 0. The van der Waals surface area contributed by atoms with E-state index < -0.39 is 34.4 Å². The molecule has 1 aliphatic rings. The van der Waals surface area contributed by atoms with Gasteiger partial charge in [-0.1, -0.05) is 24.3 Å². The Bertz CT molecular complexity index is 769. The molecular formula is C16H19NO6S. The summed E-state index contributed by atoms with van der Waals surface area (Å²) in [6.07, 6.45) is 2.04. The standard InChI is InChI=1S/C16H19NO6S/c1-22-15(18)10-14(16(19)23-2)17-24(20,21)13-8-7-11-5-3-4-6-12(11)9-13/h3-6,9,14,17H,7-8,10H2,1-2H3/t14-/m0/s1. The number of benzene rings is 1. The van der Waals surface area contributed by atoms with E-state index in [1.165, 1.54) is 0 Å². The maximum atomic E-state index is 12.6. The number of esters is 2. The van der Waals surface area contributed by atoms with Gasteiger partial charge < -0.3 is 9.47 Å². The Hall–Kier alpha value is -2.19. The van der Waals surface area contributed by atoms with E-state index in [1.54, 1.807) is 6.08 Å². The van der Waals surface area contributed by atoms with Crippen LogP contribution in [-0.2, 0) is 35.5 Å². The Kier molecular flexibility index (Phi) is 5.74. The molecule has 0 radical (unpaired) electrons. The normalized spacial score (nSPS) is 15.0. The van der Waals surface area contributed by atoms with Gasteiger partial charge >= 0.3 is 11.9 Å². The predicted octanol–water partition coefficient (Wildman–Crippen LogP) is 0.998. The molecule has 1 aromatic rings. The third-order valence-corrected chi connectivity index (χ3v) is 5.35. The maximum Gasteiger partial charge on any atom is 0.324 e. The zero-order valence-corrected chi connectivity index (χ0v) is 14.3. The van der Waals surface area contributed by atoms with Crippen molar-refractivity contribution in [2.45, 2.75) is 25.3 Å². The van der Waals surface area contributed by atoms with Crippen LogP contribution in [-0.4, -0.2) is 40.6 Å². The lowest BCUT2D eigenvalue weighted by Crippen LogP contribution is -2.43. The topological polar surface area (TPSA) is 98.8 Å². The number of ether oxygens (including phenoxy) is 2. The number of methoxy groups -OCH3 is 2. The molecule has 0 aliphatic heterocycles. The minimum atomic E-state index is -3.93.